The number of carbonyl (C=O) groups is 3. The number of likely N-dealkylation sites (tertiary alicyclic amines) is 1. The number of aromatic hydroxyl groups is 1. The largest absolute Gasteiger partial charge is 0.507 e. The van der Waals surface area contributed by atoms with Crippen LogP contribution in [0.3, 0.4) is 0 Å². The lowest BCUT2D eigenvalue weighted by Crippen LogP contribution is -2.42. The summed E-state index contributed by atoms with van der Waals surface area (Å²) in [7, 11) is 1.62. The molecule has 4 aromatic heterocycles. The fourth-order valence-electron chi connectivity index (χ4n) is 10.3. The van der Waals surface area contributed by atoms with Crippen molar-refractivity contribution in [3.63, 3.8) is 0 Å². The molecule has 2 aliphatic heterocycles. The lowest BCUT2D eigenvalue weighted by molar-refractivity contribution is 0.0198. The smallest absolute Gasteiger partial charge is 0.410 e. The average molecular weight is 1130 g/mol. The minimum Gasteiger partial charge on any atom is -0.507 e. The lowest BCUT2D eigenvalue weighted by Gasteiger charge is -2.34. The average Bonchev–Trinajstić information content (AvgIpc) is 4.49. The number of nitrogens with one attached hydrogen (secondary N) is 3. The Morgan fingerprint density at radius 2 is 1.21 bits per heavy atom. The lowest BCUT2D eigenvalue weighted by atomic mass is 9.87. The summed E-state index contributed by atoms with van der Waals surface area (Å²) in [6.07, 6.45) is 7.50. The van der Waals surface area contributed by atoms with Gasteiger partial charge in [-0.1, -0.05) is 24.3 Å². The summed E-state index contributed by atoms with van der Waals surface area (Å²) in [5.41, 5.74) is 2.43. The monoisotopic (exact) mass is 1130 g/mol. The number of aromatic nitrogens is 4. The third-order valence-electron chi connectivity index (χ3n) is 14.8. The van der Waals surface area contributed by atoms with Gasteiger partial charge in [0, 0.05) is 36.3 Å². The molecule has 2 saturated heterocycles. The second-order valence-corrected chi connectivity index (χ2v) is 22.1. The van der Waals surface area contributed by atoms with Crippen molar-refractivity contribution in [3.8, 4) is 51.3 Å². The molecular formula is C61H67ClN6O13. The first-order valence-electron chi connectivity index (χ1n) is 27.3. The first-order chi connectivity index (χ1) is 38.5. The van der Waals surface area contributed by atoms with E-state index in [9.17, 15) is 39.3 Å². The predicted octanol–water partition coefficient (Wildman–Crippen LogP) is 10.5. The van der Waals surface area contributed by atoms with E-state index < -0.39 is 34.8 Å². The molecule has 6 N–H and O–H groups in total. The van der Waals surface area contributed by atoms with Gasteiger partial charge in [0.05, 0.1) is 42.8 Å². The van der Waals surface area contributed by atoms with E-state index in [0.717, 1.165) is 86.9 Å². The molecule has 6 heterocycles. The van der Waals surface area contributed by atoms with Crippen molar-refractivity contribution < 1.29 is 53.4 Å². The normalized spacial score (nSPS) is 17.1. The third kappa shape index (κ3) is 13.7. The topological polar surface area (TPSA) is 265 Å². The molecule has 20 heteroatoms. The summed E-state index contributed by atoms with van der Waals surface area (Å²) in [5, 5.41) is 34.4. The number of hydrogen-bond donors (Lipinski definition) is 6. The van der Waals surface area contributed by atoms with Crippen LogP contribution in [0.15, 0.2) is 94.5 Å². The highest BCUT2D eigenvalue weighted by molar-refractivity contribution is 5.95. The van der Waals surface area contributed by atoms with Gasteiger partial charge in [-0.3, -0.25) is 9.59 Å². The van der Waals surface area contributed by atoms with Gasteiger partial charge in [-0.2, -0.15) is 0 Å². The number of piperidine rings is 2. The van der Waals surface area contributed by atoms with Gasteiger partial charge in [-0.15, -0.1) is 12.4 Å². The van der Waals surface area contributed by atoms with Gasteiger partial charge in [0.15, 0.2) is 0 Å². The number of halogens is 1. The summed E-state index contributed by atoms with van der Waals surface area (Å²) < 4.78 is 29.7. The van der Waals surface area contributed by atoms with E-state index in [1.165, 1.54) is 12.1 Å². The van der Waals surface area contributed by atoms with Crippen molar-refractivity contribution in [1.29, 1.82) is 0 Å². The van der Waals surface area contributed by atoms with Gasteiger partial charge in [0.1, 0.15) is 63.4 Å². The Morgan fingerprint density at radius 3 is 1.74 bits per heavy atom. The SMILES string of the molecule is COc1ccc(COc2cccc(OCC3CC3)c2-c2cc(C3CCCN(C(=O)OC(C)(C)C)C3)c3cc(C(=O)O)c(=O)[nH]c3n2)cc1.Cl.O=C(O)c1cc2c(C3CCCNC3)cc(-c3c(O)cccc3OCC3CC3)nc2[nH]c1=O. The first-order valence-corrected chi connectivity index (χ1v) is 27.3. The standard InChI is InChI=1S/C37H41N3O8.C24H25N3O5.ClH/c1-37(2,3)48-36(44)40-16-6-7-24(19-40)26-18-29(38-33-27(26)17-28(35(42)43)34(41)39-33)32-30(46-20-22-10-11-22)8-5-9-31(32)47-21-23-12-14-25(45-4)15-13-23;28-19-4-1-5-20(32-12-13-6-7-13)21(19)18-10-15(14-3-2-8-25-11-14)16-9-17(24(30)31)23(29)27-22(16)26-18;/h5,8-9,12-15,17-18,22,24H,6-7,10-11,16,19-21H2,1-4H3,(H,42,43)(H,38,39,41);1,4-5,9-10,13-14,25,28H,2-3,6-8,11-12H2,(H,30,31)(H,26,27,29);1H. The van der Waals surface area contributed by atoms with Crippen LogP contribution >= 0.6 is 12.4 Å². The van der Waals surface area contributed by atoms with Crippen LogP contribution in [0.5, 0.6) is 28.7 Å². The Hall–Kier alpha value is -8.16. The molecule has 0 radical (unpaired) electrons. The molecule has 2 saturated carbocycles. The molecular weight excluding hydrogens is 1060 g/mol. The second kappa shape index (κ2) is 24.7. The molecule has 426 valence electrons. The van der Waals surface area contributed by atoms with E-state index in [4.69, 9.17) is 28.7 Å². The summed E-state index contributed by atoms with van der Waals surface area (Å²) in [4.78, 5) is 78.5. The minimum atomic E-state index is -1.33. The van der Waals surface area contributed by atoms with Crippen LogP contribution in [0, 0.1) is 11.8 Å². The number of carbonyl (C=O) groups excluding carboxylic acids is 1. The summed E-state index contributed by atoms with van der Waals surface area (Å²) in [5.74, 6) is 0.836. The van der Waals surface area contributed by atoms with E-state index >= 15 is 0 Å². The van der Waals surface area contributed by atoms with Gasteiger partial charge in [-0.05, 0) is 174 Å². The quantitative estimate of drug-likeness (QED) is 0.0525. The van der Waals surface area contributed by atoms with E-state index in [-0.39, 0.29) is 53.4 Å². The van der Waals surface area contributed by atoms with Crippen molar-refractivity contribution >= 4 is 52.5 Å². The number of fused-ring (bicyclic) bond motifs is 2. The Kier molecular flexibility index (Phi) is 17.5. The Morgan fingerprint density at radius 1 is 0.679 bits per heavy atom. The molecule has 4 fully saturated rings. The van der Waals surface area contributed by atoms with Crippen LogP contribution in [0.2, 0.25) is 0 Å². The highest BCUT2D eigenvalue weighted by Gasteiger charge is 2.32. The number of aromatic amines is 2. The van der Waals surface area contributed by atoms with Crippen molar-refractivity contribution in [2.45, 2.75) is 96.2 Å². The zero-order valence-corrected chi connectivity index (χ0v) is 46.5. The maximum absolute atomic E-state index is 13.1. The Bertz CT molecular complexity index is 3580. The molecule has 0 spiro atoms. The number of rotatable bonds is 16. The number of ether oxygens (including phenoxy) is 5. The summed E-state index contributed by atoms with van der Waals surface area (Å²) in [6.45, 7) is 9.48. The van der Waals surface area contributed by atoms with Crippen molar-refractivity contribution in [1.82, 2.24) is 30.2 Å². The molecule has 3 aromatic carbocycles. The van der Waals surface area contributed by atoms with Crippen LogP contribution in [-0.2, 0) is 11.3 Å². The molecule has 2 aliphatic carbocycles. The Balaban J connectivity index is 0.000000208. The second-order valence-electron chi connectivity index (χ2n) is 22.1. The maximum atomic E-state index is 13.1. The van der Waals surface area contributed by atoms with Crippen LogP contribution in [0.4, 0.5) is 4.79 Å². The molecule has 0 bridgehead atoms. The fraction of sp³-hybridized carbons (Fsp3) is 0.393. The summed E-state index contributed by atoms with van der Waals surface area (Å²) >= 11 is 0. The maximum Gasteiger partial charge on any atom is 0.410 e. The number of aromatic carboxylic acids is 2. The van der Waals surface area contributed by atoms with Crippen molar-refractivity contribution in [3.05, 3.63) is 133 Å². The van der Waals surface area contributed by atoms with Gasteiger partial charge >= 0.3 is 18.0 Å². The highest BCUT2D eigenvalue weighted by Crippen LogP contribution is 2.44. The molecule has 7 aromatic rings. The highest BCUT2D eigenvalue weighted by atomic mass is 35.5. The van der Waals surface area contributed by atoms with Crippen LogP contribution < -0.4 is 35.4 Å². The molecule has 11 rings (SSSR count). The number of pyridine rings is 4. The van der Waals surface area contributed by atoms with Crippen molar-refractivity contribution in [2.75, 3.05) is 46.5 Å². The molecule has 4 aliphatic rings. The van der Waals surface area contributed by atoms with E-state index in [1.54, 1.807) is 30.2 Å². The molecule has 2 unspecified atom stereocenters. The minimum absolute atomic E-state index is 0. The fourth-order valence-corrected chi connectivity index (χ4v) is 10.3. The number of benzene rings is 3. The van der Waals surface area contributed by atoms with Gasteiger partial charge in [0.2, 0.25) is 0 Å². The van der Waals surface area contributed by atoms with E-state index in [2.05, 4.69) is 20.3 Å². The predicted molar refractivity (Wildman–Crippen MR) is 307 cm³/mol. The first kappa shape index (κ1) is 57.5. The van der Waals surface area contributed by atoms with Crippen LogP contribution in [-0.4, -0.2) is 110 Å². The number of carboxylic acid groups (broad SMARTS) is 2. The van der Waals surface area contributed by atoms with Crippen LogP contribution in [0.25, 0.3) is 44.6 Å². The number of phenolic OH excluding ortho intramolecular Hbond substituents is 1. The number of methoxy groups -OCH3 is 1. The van der Waals surface area contributed by atoms with E-state index in [1.807, 2.05) is 75.4 Å². The molecule has 2 atom stereocenters. The van der Waals surface area contributed by atoms with Gasteiger partial charge < -0.3 is 59.2 Å². The number of phenols is 1. The third-order valence-corrected chi connectivity index (χ3v) is 14.8. The number of nitrogens with zero attached hydrogens (tertiary/aromatic N) is 3. The van der Waals surface area contributed by atoms with Crippen molar-refractivity contribution in [2.24, 2.45) is 11.8 Å². The molecule has 81 heavy (non-hydrogen) atoms. The molecule has 1 amide bonds. The van der Waals surface area contributed by atoms with Gasteiger partial charge in [0.25, 0.3) is 11.1 Å². The number of H-pyrrole nitrogens is 2. The number of carboxylic acids is 2. The number of amides is 1. The van der Waals surface area contributed by atoms with Gasteiger partial charge in [-0.25, -0.2) is 24.4 Å². The Labute approximate surface area is 473 Å². The van der Waals surface area contributed by atoms with E-state index in [0.29, 0.717) is 94.3 Å². The van der Waals surface area contributed by atoms with Crippen LogP contribution in [0.1, 0.15) is 121 Å². The zero-order valence-electron chi connectivity index (χ0n) is 45.7. The molecule has 19 nitrogen and oxygen atoms in total. The summed E-state index contributed by atoms with van der Waals surface area (Å²) in [6, 6.07) is 24.9. The number of hydrogen-bond acceptors (Lipinski definition) is 14. The zero-order chi connectivity index (χ0) is 56.2.